The highest BCUT2D eigenvalue weighted by Gasteiger charge is 2.42. The van der Waals surface area contributed by atoms with Crippen molar-refractivity contribution in [1.29, 1.82) is 0 Å². The van der Waals surface area contributed by atoms with E-state index in [9.17, 15) is 19.8 Å². The van der Waals surface area contributed by atoms with Gasteiger partial charge >= 0.3 is 11.9 Å². The first kappa shape index (κ1) is 19.6. The van der Waals surface area contributed by atoms with Crippen molar-refractivity contribution in [3.8, 4) is 0 Å². The van der Waals surface area contributed by atoms with Crippen LogP contribution in [0.25, 0.3) is 0 Å². The molecule has 0 amide bonds. The molecule has 0 aromatic carbocycles. The van der Waals surface area contributed by atoms with Crippen LogP contribution in [-0.2, 0) is 23.2 Å². The highest BCUT2D eigenvalue weighted by molar-refractivity contribution is 7.12. The fourth-order valence-electron chi connectivity index (χ4n) is 3.38. The Morgan fingerprint density at radius 1 is 1.30 bits per heavy atom. The summed E-state index contributed by atoms with van der Waals surface area (Å²) < 4.78 is 1.64. The van der Waals surface area contributed by atoms with Crippen LogP contribution in [0, 0.1) is 0 Å². The van der Waals surface area contributed by atoms with Crippen molar-refractivity contribution in [2.24, 2.45) is 0 Å². The number of carboxylic acid groups (broad SMARTS) is 2. The highest BCUT2D eigenvalue weighted by Crippen LogP contribution is 2.41. The van der Waals surface area contributed by atoms with E-state index >= 15 is 0 Å². The molecular weight excluding hydrogens is 388 g/mol. The lowest BCUT2D eigenvalue weighted by Gasteiger charge is -2.22. The van der Waals surface area contributed by atoms with Crippen LogP contribution in [0.15, 0.2) is 24.3 Å². The van der Waals surface area contributed by atoms with Crippen molar-refractivity contribution < 1.29 is 19.8 Å². The summed E-state index contributed by atoms with van der Waals surface area (Å²) in [5.74, 6) is -1.31. The molecule has 0 saturated carbocycles. The molecular formula is C19H21ClN2O4S. The molecule has 2 N–H and O–H groups in total. The molecule has 144 valence electrons. The van der Waals surface area contributed by atoms with Crippen molar-refractivity contribution in [3.63, 3.8) is 0 Å². The largest absolute Gasteiger partial charge is 0.481 e. The van der Waals surface area contributed by atoms with E-state index in [2.05, 4.69) is 11.9 Å². The fraction of sp³-hybridized carbons (Fsp3) is 0.421. The van der Waals surface area contributed by atoms with Crippen LogP contribution in [0.1, 0.15) is 58.7 Å². The van der Waals surface area contributed by atoms with Gasteiger partial charge in [0.05, 0.1) is 6.54 Å². The maximum atomic E-state index is 11.9. The van der Waals surface area contributed by atoms with E-state index in [0.717, 1.165) is 22.6 Å². The fourth-order valence-corrected chi connectivity index (χ4v) is 4.85. The maximum Gasteiger partial charge on any atom is 0.355 e. The number of aryl methyl sites for hydroxylation is 1. The minimum atomic E-state index is -1.12. The van der Waals surface area contributed by atoms with Crippen LogP contribution in [0.2, 0.25) is 5.15 Å². The third-order valence-corrected chi connectivity index (χ3v) is 6.45. The number of carboxylic acids is 2. The zero-order valence-electron chi connectivity index (χ0n) is 14.9. The van der Waals surface area contributed by atoms with Gasteiger partial charge in [-0.25, -0.2) is 9.78 Å². The van der Waals surface area contributed by atoms with Crippen molar-refractivity contribution in [2.45, 2.75) is 51.0 Å². The summed E-state index contributed by atoms with van der Waals surface area (Å²) in [6.45, 7) is 2.37. The highest BCUT2D eigenvalue weighted by atomic mass is 35.5. The van der Waals surface area contributed by atoms with Crippen molar-refractivity contribution >= 4 is 34.9 Å². The predicted octanol–water partition coefficient (Wildman–Crippen LogP) is 4.36. The Morgan fingerprint density at radius 2 is 2.00 bits per heavy atom. The van der Waals surface area contributed by atoms with Crippen LogP contribution in [0.5, 0.6) is 0 Å². The number of rotatable bonds is 8. The molecule has 0 bridgehead atoms. The van der Waals surface area contributed by atoms with Gasteiger partial charge in [-0.3, -0.25) is 4.79 Å². The SMILES string of the molecule is CCCCc1nc(Cl)c(C(=O)O)n1Cc1ccc(C2(C(=O)O)CC=CC2)s1. The normalized spacial score (nSPS) is 15.3. The first-order chi connectivity index (χ1) is 12.9. The molecule has 6 nitrogen and oxygen atoms in total. The van der Waals surface area contributed by atoms with E-state index in [1.165, 1.54) is 11.3 Å². The third kappa shape index (κ3) is 3.66. The summed E-state index contributed by atoms with van der Waals surface area (Å²) in [6, 6.07) is 3.71. The van der Waals surface area contributed by atoms with E-state index in [4.69, 9.17) is 11.6 Å². The van der Waals surface area contributed by atoms with Crippen LogP contribution < -0.4 is 0 Å². The molecule has 1 aliphatic carbocycles. The number of carbonyl (C=O) groups is 2. The number of imidazole rings is 1. The first-order valence-corrected chi connectivity index (χ1v) is 10.0. The van der Waals surface area contributed by atoms with E-state index in [1.807, 2.05) is 24.3 Å². The molecule has 0 fully saturated rings. The topological polar surface area (TPSA) is 92.4 Å². The van der Waals surface area contributed by atoms with Gasteiger partial charge in [0.15, 0.2) is 10.8 Å². The van der Waals surface area contributed by atoms with Gasteiger partial charge in [-0.1, -0.05) is 37.1 Å². The summed E-state index contributed by atoms with van der Waals surface area (Å²) in [6.07, 6.45) is 7.23. The minimum absolute atomic E-state index is 0.00705. The Balaban J connectivity index is 1.93. The van der Waals surface area contributed by atoms with Gasteiger partial charge < -0.3 is 14.8 Å². The third-order valence-electron chi connectivity index (χ3n) is 4.92. The van der Waals surface area contributed by atoms with Crippen molar-refractivity contribution in [2.75, 3.05) is 0 Å². The molecule has 2 aromatic rings. The molecule has 3 rings (SSSR count). The standard InChI is InChI=1S/C19H21ClN2O4S/c1-2-3-6-14-21-16(20)15(17(23)24)22(14)11-12-7-8-13(27-12)19(18(25)26)9-4-5-10-19/h4-5,7-8H,2-3,6,9-11H2,1H3,(H,23,24)(H,25,26). The monoisotopic (exact) mass is 408 g/mol. The molecule has 0 saturated heterocycles. The zero-order chi connectivity index (χ0) is 19.6. The predicted molar refractivity (Wildman–Crippen MR) is 104 cm³/mol. The van der Waals surface area contributed by atoms with E-state index in [-0.39, 0.29) is 10.8 Å². The number of hydrogen-bond acceptors (Lipinski definition) is 4. The Bertz CT molecular complexity index is 892. The molecule has 1 aliphatic rings. The Hall–Kier alpha value is -2.12. The van der Waals surface area contributed by atoms with Gasteiger partial charge in [0.25, 0.3) is 0 Å². The van der Waals surface area contributed by atoms with E-state index in [0.29, 0.717) is 31.6 Å². The summed E-state index contributed by atoms with van der Waals surface area (Å²) in [5, 5.41) is 19.3. The van der Waals surface area contributed by atoms with E-state index < -0.39 is 17.4 Å². The molecule has 8 heteroatoms. The number of aliphatic carboxylic acids is 1. The number of thiophene rings is 1. The molecule has 0 radical (unpaired) electrons. The molecule has 0 atom stereocenters. The lowest BCUT2D eigenvalue weighted by molar-refractivity contribution is -0.143. The smallest absolute Gasteiger partial charge is 0.355 e. The Morgan fingerprint density at radius 3 is 2.59 bits per heavy atom. The second-order valence-corrected chi connectivity index (χ2v) is 8.22. The van der Waals surface area contributed by atoms with E-state index in [1.54, 1.807) is 4.57 Å². The quantitative estimate of drug-likeness (QED) is 0.633. The van der Waals surface area contributed by atoms with Gasteiger partial charge in [-0.2, -0.15) is 0 Å². The molecule has 0 aliphatic heterocycles. The van der Waals surface area contributed by atoms with Gasteiger partial charge in [0, 0.05) is 16.2 Å². The molecule has 27 heavy (non-hydrogen) atoms. The molecule has 2 heterocycles. The second-order valence-electron chi connectivity index (χ2n) is 6.70. The second kappa shape index (κ2) is 7.86. The van der Waals surface area contributed by atoms with Gasteiger partial charge in [0.2, 0.25) is 0 Å². The minimum Gasteiger partial charge on any atom is -0.481 e. The van der Waals surface area contributed by atoms with Crippen molar-refractivity contribution in [1.82, 2.24) is 9.55 Å². The average molecular weight is 409 g/mol. The van der Waals surface area contributed by atoms with Crippen LogP contribution in [0.3, 0.4) is 0 Å². The molecule has 2 aromatic heterocycles. The van der Waals surface area contributed by atoms with Crippen molar-refractivity contribution in [3.05, 3.63) is 50.7 Å². The Labute approximate surface area is 166 Å². The number of allylic oxidation sites excluding steroid dienone is 2. The van der Waals surface area contributed by atoms with Gasteiger partial charge in [-0.05, 0) is 31.4 Å². The lowest BCUT2D eigenvalue weighted by Crippen LogP contribution is -2.31. The summed E-state index contributed by atoms with van der Waals surface area (Å²) in [4.78, 5) is 29.4. The van der Waals surface area contributed by atoms with Crippen LogP contribution in [-0.4, -0.2) is 31.7 Å². The van der Waals surface area contributed by atoms with Crippen LogP contribution >= 0.6 is 22.9 Å². The Kier molecular flexibility index (Phi) is 5.72. The lowest BCUT2D eigenvalue weighted by atomic mass is 9.84. The number of unbranched alkanes of at least 4 members (excludes halogenated alkanes) is 1. The number of hydrogen-bond donors (Lipinski definition) is 2. The van der Waals surface area contributed by atoms with Gasteiger partial charge in [-0.15, -0.1) is 11.3 Å². The average Bonchev–Trinajstić information content (AvgIpc) is 3.32. The maximum absolute atomic E-state index is 11.9. The summed E-state index contributed by atoms with van der Waals surface area (Å²) in [5.41, 5.74) is -0.927. The van der Waals surface area contributed by atoms with Crippen LogP contribution in [0.4, 0.5) is 0 Å². The zero-order valence-corrected chi connectivity index (χ0v) is 16.5. The molecule has 0 unspecified atom stereocenters. The number of nitrogens with zero attached hydrogens (tertiary/aromatic N) is 2. The summed E-state index contributed by atoms with van der Waals surface area (Å²) >= 11 is 7.48. The number of halogens is 1. The molecule has 0 spiro atoms. The number of aromatic carboxylic acids is 1. The number of aromatic nitrogens is 2. The summed E-state index contributed by atoms with van der Waals surface area (Å²) in [7, 11) is 0. The first-order valence-electron chi connectivity index (χ1n) is 8.85. The van der Waals surface area contributed by atoms with Gasteiger partial charge in [0.1, 0.15) is 11.2 Å².